The van der Waals surface area contributed by atoms with E-state index in [1.165, 1.54) is 18.2 Å². The summed E-state index contributed by atoms with van der Waals surface area (Å²) >= 11 is 0.822. The first-order chi connectivity index (χ1) is 8.97. The third-order valence-corrected chi connectivity index (χ3v) is 3.44. The molecule has 0 bridgehead atoms. The molecule has 0 fully saturated rings. The van der Waals surface area contributed by atoms with E-state index in [1.807, 2.05) is 0 Å². The van der Waals surface area contributed by atoms with Gasteiger partial charge in [0.05, 0.1) is 10.5 Å². The molecule has 0 atom stereocenters. The van der Waals surface area contributed by atoms with Crippen LogP contribution in [-0.4, -0.2) is 11.1 Å². The number of nitrogens with two attached hydrogens (primary N) is 1. The van der Waals surface area contributed by atoms with Crippen LogP contribution in [0.4, 0.5) is 14.5 Å². The minimum Gasteiger partial charge on any atom is -0.478 e. The summed E-state index contributed by atoms with van der Waals surface area (Å²) in [5, 5.41) is 9.04. The third-order valence-electron chi connectivity index (χ3n) is 2.35. The fourth-order valence-corrected chi connectivity index (χ4v) is 2.51. The molecule has 2 rings (SSSR count). The number of rotatable bonds is 3. The van der Waals surface area contributed by atoms with E-state index in [0.29, 0.717) is 5.69 Å². The lowest BCUT2D eigenvalue weighted by atomic mass is 10.2. The maximum Gasteiger partial charge on any atom is 0.336 e. The number of aromatic carboxylic acids is 1. The molecular weight excluding hydrogens is 272 g/mol. The number of benzene rings is 2. The Labute approximate surface area is 112 Å². The highest BCUT2D eigenvalue weighted by molar-refractivity contribution is 7.99. The Morgan fingerprint density at radius 1 is 1.11 bits per heavy atom. The molecule has 0 spiro atoms. The van der Waals surface area contributed by atoms with E-state index < -0.39 is 17.6 Å². The Kier molecular flexibility index (Phi) is 3.71. The summed E-state index contributed by atoms with van der Waals surface area (Å²) in [5.41, 5.74) is 5.92. The van der Waals surface area contributed by atoms with E-state index in [-0.39, 0.29) is 15.4 Å². The van der Waals surface area contributed by atoms with Crippen molar-refractivity contribution < 1.29 is 18.7 Å². The van der Waals surface area contributed by atoms with Crippen LogP contribution in [0.2, 0.25) is 0 Å². The summed E-state index contributed by atoms with van der Waals surface area (Å²) in [4.78, 5) is 11.3. The highest BCUT2D eigenvalue weighted by Gasteiger charge is 2.14. The maximum atomic E-state index is 13.5. The van der Waals surface area contributed by atoms with Gasteiger partial charge < -0.3 is 10.8 Å². The average molecular weight is 281 g/mol. The summed E-state index contributed by atoms with van der Waals surface area (Å²) in [5.74, 6) is -2.37. The van der Waals surface area contributed by atoms with E-state index in [2.05, 4.69) is 0 Å². The van der Waals surface area contributed by atoms with Gasteiger partial charge in [-0.1, -0.05) is 11.8 Å². The van der Waals surface area contributed by atoms with Crippen molar-refractivity contribution in [3.63, 3.8) is 0 Å². The van der Waals surface area contributed by atoms with Crippen molar-refractivity contribution in [3.05, 3.63) is 53.6 Å². The van der Waals surface area contributed by atoms with Gasteiger partial charge in [-0.2, -0.15) is 0 Å². The molecule has 0 saturated heterocycles. The molecule has 0 aromatic heterocycles. The average Bonchev–Trinajstić information content (AvgIpc) is 2.33. The molecule has 2 aromatic carbocycles. The van der Waals surface area contributed by atoms with Gasteiger partial charge in [-0.15, -0.1) is 0 Å². The van der Waals surface area contributed by atoms with Crippen molar-refractivity contribution in [2.45, 2.75) is 9.79 Å². The largest absolute Gasteiger partial charge is 0.478 e. The van der Waals surface area contributed by atoms with Crippen LogP contribution in [0.3, 0.4) is 0 Å². The number of hydrogen-bond acceptors (Lipinski definition) is 3. The summed E-state index contributed by atoms with van der Waals surface area (Å²) in [6.07, 6.45) is 0. The second-order valence-corrected chi connectivity index (χ2v) is 4.82. The van der Waals surface area contributed by atoms with Gasteiger partial charge in [0.1, 0.15) is 11.6 Å². The molecule has 19 heavy (non-hydrogen) atoms. The topological polar surface area (TPSA) is 63.3 Å². The number of nitrogen functional groups attached to an aromatic ring is 1. The van der Waals surface area contributed by atoms with Crippen LogP contribution in [0, 0.1) is 11.6 Å². The number of carbonyl (C=O) groups is 1. The van der Waals surface area contributed by atoms with E-state index in [4.69, 9.17) is 10.8 Å². The SMILES string of the molecule is Nc1ccc(C(=O)O)c(Sc2cc(F)ccc2F)c1. The quantitative estimate of drug-likeness (QED) is 0.846. The molecule has 98 valence electrons. The zero-order valence-electron chi connectivity index (χ0n) is 9.56. The van der Waals surface area contributed by atoms with Crippen LogP contribution in [0.25, 0.3) is 0 Å². The fraction of sp³-hybridized carbons (Fsp3) is 0. The fourth-order valence-electron chi connectivity index (χ4n) is 1.47. The van der Waals surface area contributed by atoms with E-state index in [0.717, 1.165) is 30.0 Å². The molecule has 0 amide bonds. The van der Waals surface area contributed by atoms with E-state index >= 15 is 0 Å². The maximum absolute atomic E-state index is 13.5. The molecule has 0 unspecified atom stereocenters. The van der Waals surface area contributed by atoms with Crippen LogP contribution in [0.1, 0.15) is 10.4 Å². The van der Waals surface area contributed by atoms with Crippen molar-refractivity contribution in [1.29, 1.82) is 0 Å². The van der Waals surface area contributed by atoms with Crippen LogP contribution in [-0.2, 0) is 0 Å². The van der Waals surface area contributed by atoms with Gasteiger partial charge in [0.15, 0.2) is 0 Å². The van der Waals surface area contributed by atoms with E-state index in [1.54, 1.807) is 0 Å². The zero-order chi connectivity index (χ0) is 14.0. The smallest absolute Gasteiger partial charge is 0.336 e. The molecule has 0 aliphatic heterocycles. The molecular formula is C13H9F2NO2S. The summed E-state index contributed by atoms with van der Waals surface area (Å²) in [6.45, 7) is 0. The number of halogens is 2. The predicted molar refractivity (Wildman–Crippen MR) is 68.3 cm³/mol. The van der Waals surface area contributed by atoms with Crippen LogP contribution in [0.5, 0.6) is 0 Å². The Hall–Kier alpha value is -2.08. The van der Waals surface area contributed by atoms with Crippen molar-refractivity contribution >= 4 is 23.4 Å². The Morgan fingerprint density at radius 3 is 2.53 bits per heavy atom. The first-order valence-electron chi connectivity index (χ1n) is 5.23. The summed E-state index contributed by atoms with van der Waals surface area (Å²) in [6, 6.07) is 7.18. The summed E-state index contributed by atoms with van der Waals surface area (Å²) < 4.78 is 26.6. The minimum absolute atomic E-state index is 0.00750. The number of anilines is 1. The second-order valence-electron chi connectivity index (χ2n) is 3.74. The first kappa shape index (κ1) is 13.4. The number of carboxylic acid groups (broad SMARTS) is 1. The van der Waals surface area contributed by atoms with Gasteiger partial charge in [-0.25, -0.2) is 13.6 Å². The second kappa shape index (κ2) is 5.27. The molecule has 0 aliphatic rings. The molecule has 3 nitrogen and oxygen atoms in total. The van der Waals surface area contributed by atoms with E-state index in [9.17, 15) is 13.6 Å². The van der Waals surface area contributed by atoms with Crippen molar-refractivity contribution in [3.8, 4) is 0 Å². The van der Waals surface area contributed by atoms with Gasteiger partial charge in [-0.05, 0) is 36.4 Å². The van der Waals surface area contributed by atoms with Crippen molar-refractivity contribution in [2.24, 2.45) is 0 Å². The molecule has 0 heterocycles. The van der Waals surface area contributed by atoms with Crippen LogP contribution >= 0.6 is 11.8 Å². The number of hydrogen-bond donors (Lipinski definition) is 2. The Bertz CT molecular complexity index is 647. The lowest BCUT2D eigenvalue weighted by molar-refractivity contribution is 0.0693. The highest BCUT2D eigenvalue weighted by atomic mass is 32.2. The predicted octanol–water partition coefficient (Wildman–Crippen LogP) is 3.40. The summed E-state index contributed by atoms with van der Waals surface area (Å²) in [7, 11) is 0. The molecule has 0 saturated carbocycles. The molecule has 0 radical (unpaired) electrons. The van der Waals surface area contributed by atoms with Crippen LogP contribution in [0.15, 0.2) is 46.2 Å². The third kappa shape index (κ3) is 3.03. The van der Waals surface area contributed by atoms with Gasteiger partial charge >= 0.3 is 5.97 Å². The first-order valence-corrected chi connectivity index (χ1v) is 6.05. The molecule has 0 aliphatic carbocycles. The Morgan fingerprint density at radius 2 is 1.84 bits per heavy atom. The molecule has 2 aromatic rings. The van der Waals surface area contributed by atoms with Gasteiger partial charge in [-0.3, -0.25) is 0 Å². The standard InChI is InChI=1S/C13H9F2NO2S/c14-7-1-4-10(15)12(5-7)19-11-6-8(16)2-3-9(11)13(17)18/h1-6H,16H2,(H,17,18). The normalized spacial score (nSPS) is 10.4. The lowest BCUT2D eigenvalue weighted by Gasteiger charge is -2.08. The monoisotopic (exact) mass is 281 g/mol. The lowest BCUT2D eigenvalue weighted by Crippen LogP contribution is -2.00. The number of carboxylic acids is 1. The van der Waals surface area contributed by atoms with Crippen LogP contribution < -0.4 is 5.73 Å². The highest BCUT2D eigenvalue weighted by Crippen LogP contribution is 2.34. The van der Waals surface area contributed by atoms with Gasteiger partial charge in [0.2, 0.25) is 0 Å². The minimum atomic E-state index is -1.15. The zero-order valence-corrected chi connectivity index (χ0v) is 10.4. The van der Waals surface area contributed by atoms with Gasteiger partial charge in [0.25, 0.3) is 0 Å². The molecule has 3 N–H and O–H groups in total. The van der Waals surface area contributed by atoms with Crippen molar-refractivity contribution in [2.75, 3.05) is 5.73 Å². The Balaban J connectivity index is 2.45. The van der Waals surface area contributed by atoms with Gasteiger partial charge in [0, 0.05) is 10.6 Å². The molecule has 6 heteroatoms. The van der Waals surface area contributed by atoms with Crippen molar-refractivity contribution in [1.82, 2.24) is 0 Å².